The van der Waals surface area contributed by atoms with Crippen LogP contribution in [0.3, 0.4) is 0 Å². The molecular formula is C14H18ClN3O3S. The number of imidazole rings is 1. The van der Waals surface area contributed by atoms with E-state index in [-0.39, 0.29) is 22.8 Å². The first-order chi connectivity index (χ1) is 10.3. The van der Waals surface area contributed by atoms with Crippen LogP contribution >= 0.6 is 11.6 Å². The zero-order valence-electron chi connectivity index (χ0n) is 12.6. The molecule has 0 saturated heterocycles. The number of ether oxygens (including phenoxy) is 1. The van der Waals surface area contributed by atoms with Gasteiger partial charge in [0.2, 0.25) is 5.03 Å². The van der Waals surface area contributed by atoms with Gasteiger partial charge in [-0.15, -0.1) is 0 Å². The third-order valence-corrected chi connectivity index (χ3v) is 4.74. The van der Waals surface area contributed by atoms with Gasteiger partial charge in [-0.2, -0.15) is 0 Å². The fourth-order valence-corrected chi connectivity index (χ4v) is 3.22. The fourth-order valence-electron chi connectivity index (χ4n) is 1.78. The van der Waals surface area contributed by atoms with Crippen LogP contribution < -0.4 is 9.46 Å². The molecule has 0 fully saturated rings. The molecule has 0 bridgehead atoms. The smallest absolute Gasteiger partial charge is 0.261 e. The van der Waals surface area contributed by atoms with Crippen molar-refractivity contribution in [2.24, 2.45) is 7.05 Å². The molecule has 0 atom stereocenters. The van der Waals surface area contributed by atoms with Crippen LogP contribution in [0, 0.1) is 0 Å². The Hall–Kier alpha value is -1.57. The highest BCUT2D eigenvalue weighted by atomic mass is 35.5. The quantitative estimate of drug-likeness (QED) is 0.873. The Morgan fingerprint density at radius 1 is 1.32 bits per heavy atom. The van der Waals surface area contributed by atoms with Crippen molar-refractivity contribution in [1.29, 1.82) is 0 Å². The highest BCUT2D eigenvalue weighted by Gasteiger charge is 2.21. The Morgan fingerprint density at radius 2 is 1.95 bits per heavy atom. The molecule has 1 aromatic carbocycles. The van der Waals surface area contributed by atoms with Crippen molar-refractivity contribution in [3.63, 3.8) is 0 Å². The van der Waals surface area contributed by atoms with E-state index in [1.165, 1.54) is 10.9 Å². The van der Waals surface area contributed by atoms with Crippen molar-refractivity contribution >= 4 is 21.6 Å². The molecule has 0 spiro atoms. The third kappa shape index (κ3) is 4.00. The third-order valence-electron chi connectivity index (χ3n) is 2.85. The van der Waals surface area contributed by atoms with E-state index in [4.69, 9.17) is 16.3 Å². The average molecular weight is 344 g/mol. The summed E-state index contributed by atoms with van der Waals surface area (Å²) >= 11 is 5.91. The molecule has 8 heteroatoms. The van der Waals surface area contributed by atoms with Gasteiger partial charge in [0.15, 0.2) is 0 Å². The number of aromatic nitrogens is 2. The molecule has 0 amide bonds. The molecule has 0 aliphatic heterocycles. The van der Waals surface area contributed by atoms with Crippen LogP contribution in [-0.2, 0) is 23.6 Å². The standard InChI is InChI=1S/C14H18ClN3O3S/c1-10(2)21-12-6-4-11(5-7-12)8-17-22(19,20)14-13(15)18(3)9-16-14/h4-7,9-10,17H,8H2,1-3H3. The summed E-state index contributed by atoms with van der Waals surface area (Å²) in [7, 11) is -2.12. The number of halogens is 1. The van der Waals surface area contributed by atoms with E-state index in [9.17, 15) is 8.42 Å². The minimum absolute atomic E-state index is 0.0770. The first kappa shape index (κ1) is 16.8. The van der Waals surface area contributed by atoms with Gasteiger partial charge in [-0.1, -0.05) is 23.7 Å². The maximum absolute atomic E-state index is 12.2. The minimum Gasteiger partial charge on any atom is -0.491 e. The molecular weight excluding hydrogens is 326 g/mol. The molecule has 1 heterocycles. The number of rotatable bonds is 6. The maximum atomic E-state index is 12.2. The van der Waals surface area contributed by atoms with Gasteiger partial charge < -0.3 is 9.30 Å². The molecule has 0 aliphatic carbocycles. The lowest BCUT2D eigenvalue weighted by Crippen LogP contribution is -2.24. The number of sulfonamides is 1. The van der Waals surface area contributed by atoms with Crippen LogP contribution in [-0.4, -0.2) is 24.1 Å². The summed E-state index contributed by atoms with van der Waals surface area (Å²) in [5.74, 6) is 0.745. The van der Waals surface area contributed by atoms with Gasteiger partial charge in [0.25, 0.3) is 10.0 Å². The molecule has 22 heavy (non-hydrogen) atoms. The van der Waals surface area contributed by atoms with E-state index in [1.807, 2.05) is 13.8 Å². The van der Waals surface area contributed by atoms with E-state index >= 15 is 0 Å². The lowest BCUT2D eigenvalue weighted by atomic mass is 10.2. The number of aryl methyl sites for hydroxylation is 1. The summed E-state index contributed by atoms with van der Waals surface area (Å²) in [5.41, 5.74) is 0.812. The van der Waals surface area contributed by atoms with Gasteiger partial charge in [0.05, 0.1) is 12.4 Å². The van der Waals surface area contributed by atoms with Gasteiger partial charge in [0, 0.05) is 13.6 Å². The molecule has 0 saturated carbocycles. The Labute approximate surface area is 135 Å². The maximum Gasteiger partial charge on any atom is 0.261 e. The molecule has 2 aromatic rings. The molecule has 1 N–H and O–H groups in total. The second-order valence-corrected chi connectivity index (χ2v) is 7.13. The van der Waals surface area contributed by atoms with Crippen LogP contribution in [0.15, 0.2) is 35.6 Å². The summed E-state index contributed by atoms with van der Waals surface area (Å²) in [4.78, 5) is 3.81. The molecule has 2 rings (SSSR count). The zero-order chi connectivity index (χ0) is 16.3. The molecule has 120 valence electrons. The molecule has 0 unspecified atom stereocenters. The topological polar surface area (TPSA) is 73.2 Å². The Kier molecular flexibility index (Phi) is 5.10. The molecule has 0 radical (unpaired) electrons. The summed E-state index contributed by atoms with van der Waals surface area (Å²) < 4.78 is 33.8. The van der Waals surface area contributed by atoms with Crippen LogP contribution in [0.1, 0.15) is 19.4 Å². The summed E-state index contributed by atoms with van der Waals surface area (Å²) in [6, 6.07) is 7.22. The van der Waals surface area contributed by atoms with Gasteiger partial charge in [-0.25, -0.2) is 18.1 Å². The van der Waals surface area contributed by atoms with Crippen molar-refractivity contribution in [1.82, 2.24) is 14.3 Å². The van der Waals surface area contributed by atoms with Crippen LogP contribution in [0.25, 0.3) is 0 Å². The lowest BCUT2D eigenvalue weighted by Gasteiger charge is -2.10. The summed E-state index contributed by atoms with van der Waals surface area (Å²) in [6.45, 7) is 4.04. The van der Waals surface area contributed by atoms with Gasteiger partial charge >= 0.3 is 0 Å². The largest absolute Gasteiger partial charge is 0.491 e. The summed E-state index contributed by atoms with van der Waals surface area (Å²) in [6.07, 6.45) is 1.45. The van der Waals surface area contributed by atoms with Crippen LogP contribution in [0.4, 0.5) is 0 Å². The van der Waals surface area contributed by atoms with Crippen LogP contribution in [0.5, 0.6) is 5.75 Å². The second kappa shape index (κ2) is 6.68. The number of hydrogen-bond acceptors (Lipinski definition) is 4. The van der Waals surface area contributed by atoms with Gasteiger partial charge in [-0.3, -0.25) is 0 Å². The van der Waals surface area contributed by atoms with E-state index in [0.717, 1.165) is 11.3 Å². The molecule has 1 aromatic heterocycles. The zero-order valence-corrected chi connectivity index (χ0v) is 14.1. The minimum atomic E-state index is -3.74. The predicted molar refractivity (Wildman–Crippen MR) is 84.4 cm³/mol. The number of benzene rings is 1. The first-order valence-corrected chi connectivity index (χ1v) is 8.58. The van der Waals surface area contributed by atoms with Gasteiger partial charge in [-0.05, 0) is 31.5 Å². The van der Waals surface area contributed by atoms with Gasteiger partial charge in [0.1, 0.15) is 10.9 Å². The second-order valence-electron chi connectivity index (χ2n) is 5.09. The van der Waals surface area contributed by atoms with Crippen molar-refractivity contribution < 1.29 is 13.2 Å². The average Bonchev–Trinajstić information content (AvgIpc) is 2.78. The number of hydrogen-bond donors (Lipinski definition) is 1. The lowest BCUT2D eigenvalue weighted by molar-refractivity contribution is 0.242. The van der Waals surface area contributed by atoms with Crippen molar-refractivity contribution in [3.8, 4) is 5.75 Å². The van der Waals surface area contributed by atoms with Crippen molar-refractivity contribution in [2.45, 2.75) is 31.5 Å². The Bertz CT molecular complexity index is 739. The highest BCUT2D eigenvalue weighted by molar-refractivity contribution is 7.89. The van der Waals surface area contributed by atoms with Crippen molar-refractivity contribution in [2.75, 3.05) is 0 Å². The number of nitrogens with one attached hydrogen (secondary N) is 1. The normalized spacial score (nSPS) is 11.9. The van der Waals surface area contributed by atoms with Crippen molar-refractivity contribution in [3.05, 3.63) is 41.3 Å². The van der Waals surface area contributed by atoms with Crippen LogP contribution in [0.2, 0.25) is 5.15 Å². The Balaban J connectivity index is 2.04. The number of nitrogens with zero attached hydrogens (tertiary/aromatic N) is 2. The Morgan fingerprint density at radius 3 is 2.45 bits per heavy atom. The molecule has 6 nitrogen and oxygen atoms in total. The van der Waals surface area contributed by atoms with E-state index < -0.39 is 10.0 Å². The fraction of sp³-hybridized carbons (Fsp3) is 0.357. The predicted octanol–water partition coefficient (Wildman–Crippen LogP) is 2.34. The molecule has 0 aliphatic rings. The van der Waals surface area contributed by atoms with E-state index in [2.05, 4.69) is 9.71 Å². The monoisotopic (exact) mass is 343 g/mol. The SMILES string of the molecule is CC(C)Oc1ccc(CNS(=O)(=O)c2ncn(C)c2Cl)cc1. The van der Waals surface area contributed by atoms with E-state index in [0.29, 0.717) is 0 Å². The summed E-state index contributed by atoms with van der Waals surface area (Å²) in [5, 5.41) is -0.0930. The highest BCUT2D eigenvalue weighted by Crippen LogP contribution is 2.19. The van der Waals surface area contributed by atoms with E-state index in [1.54, 1.807) is 31.3 Å². The first-order valence-electron chi connectivity index (χ1n) is 6.71.